The normalized spacial score (nSPS) is 13.3. The molecule has 1 N–H and O–H groups in total. The van der Waals surface area contributed by atoms with E-state index in [9.17, 15) is 0 Å². The summed E-state index contributed by atoms with van der Waals surface area (Å²) in [5.74, 6) is 1.03. The standard InChI is InChI=1S/C12H22N2O/c1-4-11(9-13-5-2)14(3)10-12-7-6-8-15-12/h6-8,11,13H,4-5,9-10H2,1-3H3. The van der Waals surface area contributed by atoms with Gasteiger partial charge in [-0.1, -0.05) is 13.8 Å². The van der Waals surface area contributed by atoms with Gasteiger partial charge in [0.2, 0.25) is 0 Å². The SMILES string of the molecule is CCNCC(CC)N(C)Cc1ccco1. The van der Waals surface area contributed by atoms with Crippen molar-refractivity contribution in [3.05, 3.63) is 24.2 Å². The lowest BCUT2D eigenvalue weighted by molar-refractivity contribution is 0.206. The lowest BCUT2D eigenvalue weighted by atomic mass is 10.2. The Hall–Kier alpha value is -0.800. The van der Waals surface area contributed by atoms with Crippen molar-refractivity contribution in [2.45, 2.75) is 32.9 Å². The highest BCUT2D eigenvalue weighted by atomic mass is 16.3. The fraction of sp³-hybridized carbons (Fsp3) is 0.667. The molecule has 1 unspecified atom stereocenters. The van der Waals surface area contributed by atoms with Crippen LogP contribution in [0.25, 0.3) is 0 Å². The predicted octanol–water partition coefficient (Wildman–Crippen LogP) is 2.10. The van der Waals surface area contributed by atoms with E-state index in [1.165, 1.54) is 0 Å². The van der Waals surface area contributed by atoms with E-state index in [2.05, 4.69) is 31.1 Å². The third-order valence-corrected chi connectivity index (χ3v) is 2.71. The Morgan fingerprint density at radius 1 is 1.47 bits per heavy atom. The van der Waals surface area contributed by atoms with Gasteiger partial charge in [-0.25, -0.2) is 0 Å². The molecule has 0 spiro atoms. The molecular weight excluding hydrogens is 188 g/mol. The van der Waals surface area contributed by atoms with Crippen molar-refractivity contribution < 1.29 is 4.42 Å². The second kappa shape index (κ2) is 6.64. The zero-order chi connectivity index (χ0) is 11.1. The molecule has 3 heteroatoms. The van der Waals surface area contributed by atoms with Crippen LogP contribution in [-0.4, -0.2) is 31.1 Å². The summed E-state index contributed by atoms with van der Waals surface area (Å²) < 4.78 is 5.34. The lowest BCUT2D eigenvalue weighted by Crippen LogP contribution is -2.39. The van der Waals surface area contributed by atoms with Gasteiger partial charge in [0.05, 0.1) is 12.8 Å². The first kappa shape index (κ1) is 12.3. The molecule has 1 atom stereocenters. The maximum absolute atomic E-state index is 5.34. The van der Waals surface area contributed by atoms with Crippen LogP contribution in [0.15, 0.2) is 22.8 Å². The Labute approximate surface area is 92.5 Å². The molecule has 0 aliphatic heterocycles. The number of hydrogen-bond donors (Lipinski definition) is 1. The van der Waals surface area contributed by atoms with Crippen molar-refractivity contribution >= 4 is 0 Å². The van der Waals surface area contributed by atoms with Crippen LogP contribution in [0.3, 0.4) is 0 Å². The van der Waals surface area contributed by atoms with Crippen molar-refractivity contribution in [2.24, 2.45) is 0 Å². The van der Waals surface area contributed by atoms with E-state index in [1.807, 2.05) is 12.1 Å². The summed E-state index contributed by atoms with van der Waals surface area (Å²) in [4.78, 5) is 2.33. The highest BCUT2D eigenvalue weighted by Crippen LogP contribution is 2.08. The van der Waals surface area contributed by atoms with Crippen LogP contribution in [0.1, 0.15) is 26.0 Å². The predicted molar refractivity (Wildman–Crippen MR) is 62.8 cm³/mol. The largest absolute Gasteiger partial charge is 0.468 e. The van der Waals surface area contributed by atoms with Gasteiger partial charge in [-0.3, -0.25) is 4.90 Å². The smallest absolute Gasteiger partial charge is 0.117 e. The van der Waals surface area contributed by atoms with E-state index in [-0.39, 0.29) is 0 Å². The lowest BCUT2D eigenvalue weighted by Gasteiger charge is -2.26. The monoisotopic (exact) mass is 210 g/mol. The van der Waals surface area contributed by atoms with Crippen LogP contribution in [0.2, 0.25) is 0 Å². The molecule has 15 heavy (non-hydrogen) atoms. The Morgan fingerprint density at radius 2 is 2.27 bits per heavy atom. The maximum atomic E-state index is 5.34. The van der Waals surface area contributed by atoms with Crippen LogP contribution in [-0.2, 0) is 6.54 Å². The van der Waals surface area contributed by atoms with Gasteiger partial charge in [0.1, 0.15) is 5.76 Å². The number of likely N-dealkylation sites (N-methyl/N-ethyl adjacent to an activating group) is 2. The summed E-state index contributed by atoms with van der Waals surface area (Å²) in [7, 11) is 2.15. The first-order valence-electron chi connectivity index (χ1n) is 5.71. The quantitative estimate of drug-likeness (QED) is 0.747. The molecule has 1 rings (SSSR count). The first-order chi connectivity index (χ1) is 7.27. The zero-order valence-corrected chi connectivity index (χ0v) is 9.99. The number of hydrogen-bond acceptors (Lipinski definition) is 3. The molecule has 1 aromatic heterocycles. The number of rotatable bonds is 7. The zero-order valence-electron chi connectivity index (χ0n) is 9.99. The second-order valence-electron chi connectivity index (χ2n) is 3.86. The summed E-state index contributed by atoms with van der Waals surface area (Å²) in [6.45, 7) is 7.33. The van der Waals surface area contributed by atoms with Gasteiger partial charge in [-0.05, 0) is 32.1 Å². The van der Waals surface area contributed by atoms with E-state index < -0.39 is 0 Å². The summed E-state index contributed by atoms with van der Waals surface area (Å²) >= 11 is 0. The maximum Gasteiger partial charge on any atom is 0.117 e. The van der Waals surface area contributed by atoms with Gasteiger partial charge in [0.15, 0.2) is 0 Å². The van der Waals surface area contributed by atoms with Gasteiger partial charge < -0.3 is 9.73 Å². The highest BCUT2D eigenvalue weighted by molar-refractivity contribution is 4.98. The number of furan rings is 1. The molecule has 3 nitrogen and oxygen atoms in total. The van der Waals surface area contributed by atoms with Crippen molar-refractivity contribution in [3.63, 3.8) is 0 Å². The van der Waals surface area contributed by atoms with Crippen molar-refractivity contribution in [2.75, 3.05) is 20.1 Å². The summed E-state index contributed by atoms with van der Waals surface area (Å²) in [6.07, 6.45) is 2.89. The minimum atomic E-state index is 0.579. The second-order valence-corrected chi connectivity index (χ2v) is 3.86. The molecular formula is C12H22N2O. The molecule has 0 saturated heterocycles. The summed E-state index contributed by atoms with van der Waals surface area (Å²) in [5, 5.41) is 3.39. The van der Waals surface area contributed by atoms with Crippen molar-refractivity contribution in [1.82, 2.24) is 10.2 Å². The first-order valence-corrected chi connectivity index (χ1v) is 5.71. The average Bonchev–Trinajstić information content (AvgIpc) is 2.71. The van der Waals surface area contributed by atoms with Gasteiger partial charge >= 0.3 is 0 Å². The molecule has 0 saturated carbocycles. The van der Waals surface area contributed by atoms with Gasteiger partial charge in [-0.2, -0.15) is 0 Å². The Morgan fingerprint density at radius 3 is 2.80 bits per heavy atom. The molecule has 1 aromatic rings. The molecule has 0 aliphatic rings. The molecule has 0 aliphatic carbocycles. The minimum Gasteiger partial charge on any atom is -0.468 e. The number of nitrogens with zero attached hydrogens (tertiary/aromatic N) is 1. The number of nitrogens with one attached hydrogen (secondary N) is 1. The van der Waals surface area contributed by atoms with E-state index in [0.717, 1.165) is 31.8 Å². The summed E-state index contributed by atoms with van der Waals surface area (Å²) in [5.41, 5.74) is 0. The van der Waals surface area contributed by atoms with Crippen LogP contribution < -0.4 is 5.32 Å². The third-order valence-electron chi connectivity index (χ3n) is 2.71. The molecule has 0 bridgehead atoms. The van der Waals surface area contributed by atoms with Gasteiger partial charge in [0, 0.05) is 12.6 Å². The summed E-state index contributed by atoms with van der Waals surface area (Å²) in [6, 6.07) is 4.54. The van der Waals surface area contributed by atoms with E-state index in [1.54, 1.807) is 6.26 Å². The van der Waals surface area contributed by atoms with Crippen LogP contribution in [0, 0.1) is 0 Å². The molecule has 0 aromatic carbocycles. The molecule has 86 valence electrons. The minimum absolute atomic E-state index is 0.579. The van der Waals surface area contributed by atoms with Crippen LogP contribution in [0.4, 0.5) is 0 Å². The van der Waals surface area contributed by atoms with E-state index in [0.29, 0.717) is 6.04 Å². The third kappa shape index (κ3) is 4.06. The van der Waals surface area contributed by atoms with E-state index >= 15 is 0 Å². The molecule has 0 amide bonds. The fourth-order valence-corrected chi connectivity index (χ4v) is 1.70. The Balaban J connectivity index is 2.39. The van der Waals surface area contributed by atoms with Crippen molar-refractivity contribution in [3.8, 4) is 0 Å². The fourth-order valence-electron chi connectivity index (χ4n) is 1.70. The van der Waals surface area contributed by atoms with Crippen molar-refractivity contribution in [1.29, 1.82) is 0 Å². The van der Waals surface area contributed by atoms with Gasteiger partial charge in [0.25, 0.3) is 0 Å². The average molecular weight is 210 g/mol. The molecule has 0 fully saturated rings. The Kier molecular flexibility index (Phi) is 5.43. The molecule has 1 heterocycles. The van der Waals surface area contributed by atoms with Crippen LogP contribution in [0.5, 0.6) is 0 Å². The van der Waals surface area contributed by atoms with Gasteiger partial charge in [-0.15, -0.1) is 0 Å². The Bertz CT molecular complexity index is 246. The molecule has 0 radical (unpaired) electrons. The van der Waals surface area contributed by atoms with E-state index in [4.69, 9.17) is 4.42 Å². The topological polar surface area (TPSA) is 28.4 Å². The highest BCUT2D eigenvalue weighted by Gasteiger charge is 2.12. The van der Waals surface area contributed by atoms with Crippen LogP contribution >= 0.6 is 0 Å².